The van der Waals surface area contributed by atoms with Crippen LogP contribution in [-0.4, -0.2) is 33.4 Å². The number of hydrogen-bond acceptors (Lipinski definition) is 5. The Hall–Kier alpha value is -2.40. The Bertz CT molecular complexity index is 623. The van der Waals surface area contributed by atoms with Gasteiger partial charge >= 0.3 is 0 Å². The van der Waals surface area contributed by atoms with Crippen molar-refractivity contribution in [3.05, 3.63) is 36.4 Å². The number of aromatic amines is 1. The lowest BCUT2D eigenvalue weighted by Crippen LogP contribution is -2.33. The van der Waals surface area contributed by atoms with Gasteiger partial charge in [0.15, 0.2) is 5.16 Å². The van der Waals surface area contributed by atoms with Crippen molar-refractivity contribution in [2.24, 2.45) is 0 Å². The highest BCUT2D eigenvalue weighted by atomic mass is 32.2. The Balaban J connectivity index is 2.05. The van der Waals surface area contributed by atoms with E-state index in [4.69, 9.17) is 5.26 Å². The normalized spacial score (nSPS) is 10.1. The van der Waals surface area contributed by atoms with Gasteiger partial charge in [-0.3, -0.25) is 9.89 Å². The van der Waals surface area contributed by atoms with E-state index in [9.17, 15) is 9.18 Å². The smallest absolute Gasteiger partial charge is 0.237 e. The molecule has 1 N–H and O–H groups in total. The first-order valence-electron chi connectivity index (χ1n) is 6.12. The summed E-state index contributed by atoms with van der Waals surface area (Å²) in [5.74, 6) is -0.404. The molecule has 0 spiro atoms. The number of nitriles is 1. The molecule has 1 heterocycles. The molecule has 21 heavy (non-hydrogen) atoms. The maximum Gasteiger partial charge on any atom is 0.237 e. The van der Waals surface area contributed by atoms with E-state index >= 15 is 0 Å². The van der Waals surface area contributed by atoms with E-state index in [1.165, 1.54) is 47.3 Å². The van der Waals surface area contributed by atoms with Crippen LogP contribution in [0.15, 0.2) is 35.7 Å². The number of H-pyrrole nitrogens is 1. The van der Waals surface area contributed by atoms with E-state index in [2.05, 4.69) is 15.2 Å². The third kappa shape index (κ3) is 4.29. The fourth-order valence-electron chi connectivity index (χ4n) is 1.65. The Morgan fingerprint density at radius 2 is 2.19 bits per heavy atom. The molecule has 1 amide bonds. The predicted molar refractivity (Wildman–Crippen MR) is 76.1 cm³/mol. The highest BCUT2D eigenvalue weighted by Gasteiger charge is 2.16. The first-order chi connectivity index (χ1) is 10.2. The Kier molecular flexibility index (Phi) is 5.29. The zero-order valence-corrected chi connectivity index (χ0v) is 11.8. The van der Waals surface area contributed by atoms with Gasteiger partial charge in [-0.1, -0.05) is 11.8 Å². The Labute approximate surface area is 125 Å². The van der Waals surface area contributed by atoms with Gasteiger partial charge in [0, 0.05) is 12.2 Å². The van der Waals surface area contributed by atoms with Crippen LogP contribution in [0, 0.1) is 17.1 Å². The van der Waals surface area contributed by atoms with E-state index < -0.39 is 0 Å². The molecular formula is C13H12FN5OS. The zero-order chi connectivity index (χ0) is 15.1. The van der Waals surface area contributed by atoms with Crippen molar-refractivity contribution in [2.45, 2.75) is 11.6 Å². The molecular weight excluding hydrogens is 293 g/mol. The summed E-state index contributed by atoms with van der Waals surface area (Å²) in [6, 6.07) is 7.60. The summed E-state index contributed by atoms with van der Waals surface area (Å²) >= 11 is 1.22. The average Bonchev–Trinajstić information content (AvgIpc) is 3.00. The van der Waals surface area contributed by atoms with Crippen molar-refractivity contribution >= 4 is 23.4 Å². The summed E-state index contributed by atoms with van der Waals surface area (Å²) in [7, 11) is 0. The molecule has 0 aliphatic carbocycles. The van der Waals surface area contributed by atoms with Gasteiger partial charge in [0.25, 0.3) is 0 Å². The largest absolute Gasteiger partial charge is 0.311 e. The van der Waals surface area contributed by atoms with Crippen LogP contribution < -0.4 is 4.90 Å². The van der Waals surface area contributed by atoms with Crippen LogP contribution in [0.25, 0.3) is 0 Å². The first-order valence-corrected chi connectivity index (χ1v) is 7.10. The minimum atomic E-state index is -0.373. The van der Waals surface area contributed by atoms with Gasteiger partial charge in [0.1, 0.15) is 12.1 Å². The number of nitrogens with zero attached hydrogens (tertiary/aromatic N) is 4. The van der Waals surface area contributed by atoms with Crippen molar-refractivity contribution in [2.75, 3.05) is 17.2 Å². The second-order valence-electron chi connectivity index (χ2n) is 4.01. The summed E-state index contributed by atoms with van der Waals surface area (Å²) in [6.07, 6.45) is 1.57. The number of halogens is 1. The third-order valence-corrected chi connectivity index (χ3v) is 3.47. The highest BCUT2D eigenvalue weighted by molar-refractivity contribution is 7.99. The summed E-state index contributed by atoms with van der Waals surface area (Å²) in [6.45, 7) is 0.262. The molecule has 0 aliphatic rings. The third-order valence-electron chi connectivity index (χ3n) is 2.61. The van der Waals surface area contributed by atoms with Crippen molar-refractivity contribution < 1.29 is 9.18 Å². The van der Waals surface area contributed by atoms with Crippen molar-refractivity contribution in [1.82, 2.24) is 15.2 Å². The second-order valence-corrected chi connectivity index (χ2v) is 4.97. The zero-order valence-electron chi connectivity index (χ0n) is 11.0. The molecule has 0 atom stereocenters. The average molecular weight is 305 g/mol. The van der Waals surface area contributed by atoms with Gasteiger partial charge in [-0.25, -0.2) is 9.37 Å². The monoisotopic (exact) mass is 305 g/mol. The molecule has 0 saturated heterocycles. The lowest BCUT2D eigenvalue weighted by molar-refractivity contribution is -0.116. The molecule has 0 unspecified atom stereocenters. The molecule has 1 aromatic heterocycles. The van der Waals surface area contributed by atoms with E-state index in [1.54, 1.807) is 0 Å². The molecule has 6 nitrogen and oxygen atoms in total. The van der Waals surface area contributed by atoms with Crippen LogP contribution in [0.1, 0.15) is 6.42 Å². The number of thioether (sulfide) groups is 1. The quantitative estimate of drug-likeness (QED) is 0.825. The van der Waals surface area contributed by atoms with E-state index in [0.717, 1.165) is 0 Å². The summed E-state index contributed by atoms with van der Waals surface area (Å²) < 4.78 is 13.0. The number of anilines is 1. The minimum absolute atomic E-state index is 0.151. The van der Waals surface area contributed by atoms with E-state index in [-0.39, 0.29) is 30.4 Å². The van der Waals surface area contributed by atoms with Crippen LogP contribution in [0.2, 0.25) is 0 Å². The molecule has 8 heteroatoms. The topological polar surface area (TPSA) is 85.7 Å². The summed E-state index contributed by atoms with van der Waals surface area (Å²) in [5, 5.41) is 15.6. The SMILES string of the molecule is N#CCCN(C(=O)CSc1ncn[nH]1)c1ccc(F)cc1. The fourth-order valence-corrected chi connectivity index (χ4v) is 2.31. The number of carbonyl (C=O) groups is 1. The maximum atomic E-state index is 13.0. The summed E-state index contributed by atoms with van der Waals surface area (Å²) in [4.78, 5) is 17.7. The van der Waals surface area contributed by atoms with Crippen LogP contribution in [0.4, 0.5) is 10.1 Å². The van der Waals surface area contributed by atoms with Crippen LogP contribution in [-0.2, 0) is 4.79 Å². The van der Waals surface area contributed by atoms with Crippen molar-refractivity contribution in [3.63, 3.8) is 0 Å². The molecule has 1 aromatic carbocycles. The molecule has 0 aliphatic heterocycles. The minimum Gasteiger partial charge on any atom is -0.311 e. The number of carbonyl (C=O) groups excluding carboxylic acids is 1. The number of nitrogens with one attached hydrogen (secondary N) is 1. The molecule has 2 rings (SSSR count). The van der Waals surface area contributed by atoms with E-state index in [0.29, 0.717) is 10.8 Å². The first kappa shape index (κ1) is 15.0. The number of hydrogen-bond donors (Lipinski definition) is 1. The molecule has 0 fully saturated rings. The predicted octanol–water partition coefficient (Wildman–Crippen LogP) is 1.98. The Morgan fingerprint density at radius 3 is 2.81 bits per heavy atom. The lowest BCUT2D eigenvalue weighted by atomic mass is 10.2. The highest BCUT2D eigenvalue weighted by Crippen LogP contribution is 2.18. The van der Waals surface area contributed by atoms with E-state index in [1.807, 2.05) is 6.07 Å². The standard InChI is InChI=1S/C13H12FN5OS/c14-10-2-4-11(5-3-10)19(7-1-6-15)12(20)8-21-13-16-9-17-18-13/h2-5,9H,1,7-8H2,(H,16,17,18). The van der Waals surface area contributed by atoms with Gasteiger partial charge in [-0.15, -0.1) is 0 Å². The van der Waals surface area contributed by atoms with Crippen LogP contribution in [0.3, 0.4) is 0 Å². The molecule has 0 saturated carbocycles. The van der Waals surface area contributed by atoms with Gasteiger partial charge in [0.05, 0.1) is 18.2 Å². The Morgan fingerprint density at radius 1 is 1.43 bits per heavy atom. The fraction of sp³-hybridized carbons (Fsp3) is 0.231. The van der Waals surface area contributed by atoms with Gasteiger partial charge < -0.3 is 4.90 Å². The van der Waals surface area contributed by atoms with Gasteiger partial charge in [-0.05, 0) is 24.3 Å². The molecule has 0 radical (unpaired) electrons. The second kappa shape index (κ2) is 7.40. The number of benzene rings is 1. The van der Waals surface area contributed by atoms with Crippen molar-refractivity contribution in [3.8, 4) is 6.07 Å². The van der Waals surface area contributed by atoms with Crippen LogP contribution in [0.5, 0.6) is 0 Å². The maximum absolute atomic E-state index is 13.0. The molecule has 108 valence electrons. The molecule has 2 aromatic rings. The van der Waals surface area contributed by atoms with Gasteiger partial charge in [0.2, 0.25) is 5.91 Å². The van der Waals surface area contributed by atoms with Crippen LogP contribution >= 0.6 is 11.8 Å². The molecule has 0 bridgehead atoms. The van der Waals surface area contributed by atoms with Gasteiger partial charge in [-0.2, -0.15) is 10.4 Å². The number of rotatable bonds is 6. The lowest BCUT2D eigenvalue weighted by Gasteiger charge is -2.21. The number of amides is 1. The summed E-state index contributed by atoms with van der Waals surface area (Å²) in [5.41, 5.74) is 0.565. The number of aromatic nitrogens is 3. The van der Waals surface area contributed by atoms with Crippen molar-refractivity contribution in [1.29, 1.82) is 5.26 Å².